The van der Waals surface area contributed by atoms with Gasteiger partial charge in [-0.1, -0.05) is 6.08 Å². The summed E-state index contributed by atoms with van der Waals surface area (Å²) >= 11 is 1.57. The van der Waals surface area contributed by atoms with E-state index in [-0.39, 0.29) is 16.9 Å². The Morgan fingerprint density at radius 3 is 2.00 bits per heavy atom. The van der Waals surface area contributed by atoms with Crippen LogP contribution in [0.4, 0.5) is 0 Å². The largest absolute Gasteiger partial charge is 0.496 e. The summed E-state index contributed by atoms with van der Waals surface area (Å²) in [6.45, 7) is 5.59. The van der Waals surface area contributed by atoms with Crippen molar-refractivity contribution >= 4 is 29.6 Å². The van der Waals surface area contributed by atoms with Crippen molar-refractivity contribution in [3.8, 4) is 29.7 Å². The number of aryl methyl sites for hydroxylation is 1. The molecule has 1 aromatic heterocycles. The Bertz CT molecular complexity index is 1330. The van der Waals surface area contributed by atoms with Crippen LogP contribution >= 0.6 is 11.3 Å². The van der Waals surface area contributed by atoms with Gasteiger partial charge in [0.15, 0.2) is 11.3 Å². The van der Waals surface area contributed by atoms with Gasteiger partial charge in [0, 0.05) is 15.3 Å². The zero-order valence-electron chi connectivity index (χ0n) is 19.6. The van der Waals surface area contributed by atoms with Gasteiger partial charge in [-0.25, -0.2) is 0 Å². The van der Waals surface area contributed by atoms with Gasteiger partial charge in [-0.15, -0.1) is 11.3 Å². The van der Waals surface area contributed by atoms with E-state index in [4.69, 9.17) is 14.2 Å². The highest BCUT2D eigenvalue weighted by atomic mass is 32.1. The Labute approximate surface area is 203 Å². The zero-order chi connectivity index (χ0) is 24.9. The van der Waals surface area contributed by atoms with Crippen molar-refractivity contribution in [2.75, 3.05) is 14.2 Å². The molecule has 3 rings (SSSR count). The third-order valence-electron chi connectivity index (χ3n) is 5.23. The molecule has 170 valence electrons. The number of hydrogen-bond acceptors (Lipinski definition) is 7. The fourth-order valence-electron chi connectivity index (χ4n) is 3.59. The monoisotopic (exact) mass is 469 g/mol. The Kier molecular flexibility index (Phi) is 7.27. The quantitative estimate of drug-likeness (QED) is 0.468. The van der Waals surface area contributed by atoms with E-state index in [1.807, 2.05) is 55.5 Å². The van der Waals surface area contributed by atoms with Crippen LogP contribution in [0.25, 0.3) is 18.2 Å². The molecule has 7 heteroatoms. The highest BCUT2D eigenvalue weighted by molar-refractivity contribution is 7.13. The van der Waals surface area contributed by atoms with Crippen molar-refractivity contribution in [1.29, 1.82) is 15.8 Å². The number of hydrogen-bond donors (Lipinski definition) is 0. The average molecular weight is 470 g/mol. The van der Waals surface area contributed by atoms with Crippen molar-refractivity contribution in [2.24, 2.45) is 0 Å². The lowest BCUT2D eigenvalue weighted by Gasteiger charge is -2.20. The maximum Gasteiger partial charge on any atom is 0.172 e. The van der Waals surface area contributed by atoms with Crippen LogP contribution < -0.4 is 9.47 Å². The fourth-order valence-corrected chi connectivity index (χ4v) is 4.41. The van der Waals surface area contributed by atoms with Gasteiger partial charge in [0.1, 0.15) is 40.9 Å². The standard InChI is InChI=1S/C27H23N3O3S/c1-17-12-24(31-4)21(25(13-17)32-5)10-8-19-6-7-20(34-19)9-11-23-22(16-30)26(18(14-28)15-29)33-27(23,2)3/h6-13H,1-5H3/b10-8+,11-9+. The molecule has 0 saturated heterocycles. The number of methoxy groups -OCH3 is 2. The molecule has 0 fully saturated rings. The number of nitrogens with zero attached hydrogens (tertiary/aromatic N) is 3. The van der Waals surface area contributed by atoms with Gasteiger partial charge in [0.05, 0.1) is 19.8 Å². The third kappa shape index (κ3) is 4.89. The highest BCUT2D eigenvalue weighted by Gasteiger charge is 2.38. The van der Waals surface area contributed by atoms with Crippen LogP contribution in [0, 0.1) is 40.9 Å². The number of allylic oxidation sites excluding steroid dienone is 2. The minimum absolute atomic E-state index is 0.0351. The maximum atomic E-state index is 9.66. The first kappa shape index (κ1) is 24.4. The van der Waals surface area contributed by atoms with Crippen LogP contribution in [0.5, 0.6) is 11.5 Å². The van der Waals surface area contributed by atoms with E-state index in [9.17, 15) is 15.8 Å². The number of thiophene rings is 1. The SMILES string of the molecule is COc1cc(C)cc(OC)c1/C=C/c1ccc(/C=C/C2=C(C#N)C(=C(C#N)C#N)OC2(C)C)s1. The van der Waals surface area contributed by atoms with Crippen molar-refractivity contribution in [2.45, 2.75) is 26.4 Å². The summed E-state index contributed by atoms with van der Waals surface area (Å²) < 4.78 is 16.8. The average Bonchev–Trinajstić information content (AvgIpc) is 3.37. The minimum atomic E-state index is -0.839. The second-order valence-electron chi connectivity index (χ2n) is 7.93. The molecule has 0 amide bonds. The van der Waals surface area contributed by atoms with Crippen LogP contribution in [-0.4, -0.2) is 19.8 Å². The third-order valence-corrected chi connectivity index (χ3v) is 6.24. The molecular weight excluding hydrogens is 446 g/mol. The summed E-state index contributed by atoms with van der Waals surface area (Å²) in [5.41, 5.74) is 1.68. The summed E-state index contributed by atoms with van der Waals surface area (Å²) in [5, 5.41) is 28.1. The number of rotatable bonds is 6. The van der Waals surface area contributed by atoms with E-state index >= 15 is 0 Å². The predicted molar refractivity (Wildman–Crippen MR) is 133 cm³/mol. The van der Waals surface area contributed by atoms with E-state index < -0.39 is 5.60 Å². The number of benzene rings is 1. The zero-order valence-corrected chi connectivity index (χ0v) is 20.4. The summed E-state index contributed by atoms with van der Waals surface area (Å²) in [4.78, 5) is 2.00. The molecule has 1 aromatic carbocycles. The van der Waals surface area contributed by atoms with Gasteiger partial charge in [0.2, 0.25) is 0 Å². The molecule has 1 aliphatic rings. The topological polar surface area (TPSA) is 99.1 Å². The number of ether oxygens (including phenoxy) is 3. The maximum absolute atomic E-state index is 9.66. The van der Waals surface area contributed by atoms with Crippen molar-refractivity contribution in [3.05, 3.63) is 73.7 Å². The molecule has 0 bridgehead atoms. The van der Waals surface area contributed by atoms with Crippen LogP contribution in [-0.2, 0) is 4.74 Å². The molecule has 0 unspecified atom stereocenters. The molecule has 0 saturated carbocycles. The minimum Gasteiger partial charge on any atom is -0.496 e. The fraction of sp³-hybridized carbons (Fsp3) is 0.222. The Balaban J connectivity index is 1.92. The molecule has 0 atom stereocenters. The highest BCUT2D eigenvalue weighted by Crippen LogP contribution is 2.40. The summed E-state index contributed by atoms with van der Waals surface area (Å²) in [5.74, 6) is 1.51. The molecule has 0 radical (unpaired) electrons. The van der Waals surface area contributed by atoms with Crippen LogP contribution in [0.15, 0.2) is 52.8 Å². The molecule has 2 heterocycles. The molecule has 0 aliphatic carbocycles. The van der Waals surface area contributed by atoms with Gasteiger partial charge in [-0.2, -0.15) is 15.8 Å². The van der Waals surface area contributed by atoms with E-state index in [0.717, 1.165) is 32.4 Å². The first-order valence-electron chi connectivity index (χ1n) is 10.3. The first-order valence-corrected chi connectivity index (χ1v) is 11.2. The second kappa shape index (κ2) is 10.1. The molecule has 2 aromatic rings. The molecule has 0 N–H and O–H groups in total. The summed E-state index contributed by atoms with van der Waals surface area (Å²) in [6, 6.07) is 13.6. The first-order chi connectivity index (χ1) is 16.3. The predicted octanol–water partition coefficient (Wildman–Crippen LogP) is 6.19. The molecule has 1 aliphatic heterocycles. The van der Waals surface area contributed by atoms with Crippen molar-refractivity contribution in [1.82, 2.24) is 0 Å². The van der Waals surface area contributed by atoms with E-state index in [1.54, 1.807) is 51.5 Å². The van der Waals surface area contributed by atoms with Gasteiger partial charge in [0.25, 0.3) is 0 Å². The summed E-state index contributed by atoms with van der Waals surface area (Å²) in [7, 11) is 3.27. The Hall–Kier alpha value is -4.25. The van der Waals surface area contributed by atoms with Crippen LogP contribution in [0.3, 0.4) is 0 Å². The Morgan fingerprint density at radius 1 is 0.941 bits per heavy atom. The normalized spacial score (nSPS) is 14.6. The van der Waals surface area contributed by atoms with E-state index in [2.05, 4.69) is 6.07 Å². The smallest absolute Gasteiger partial charge is 0.172 e. The van der Waals surface area contributed by atoms with Gasteiger partial charge in [-0.05, 0) is 68.8 Å². The second-order valence-corrected chi connectivity index (χ2v) is 9.08. The van der Waals surface area contributed by atoms with Gasteiger partial charge in [-0.3, -0.25) is 0 Å². The van der Waals surface area contributed by atoms with E-state index in [1.165, 1.54) is 0 Å². The molecular formula is C27H23N3O3S. The lowest BCUT2D eigenvalue weighted by molar-refractivity contribution is 0.0954. The summed E-state index contributed by atoms with van der Waals surface area (Å²) in [6.07, 6.45) is 7.66. The lowest BCUT2D eigenvalue weighted by Crippen LogP contribution is -2.20. The van der Waals surface area contributed by atoms with Crippen molar-refractivity contribution < 1.29 is 14.2 Å². The van der Waals surface area contributed by atoms with E-state index in [0.29, 0.717) is 5.57 Å². The Morgan fingerprint density at radius 2 is 1.50 bits per heavy atom. The van der Waals surface area contributed by atoms with Crippen LogP contribution in [0.2, 0.25) is 0 Å². The molecule has 0 spiro atoms. The number of nitriles is 3. The molecule has 34 heavy (non-hydrogen) atoms. The lowest BCUT2D eigenvalue weighted by atomic mass is 9.94. The van der Waals surface area contributed by atoms with Gasteiger partial charge >= 0.3 is 0 Å². The van der Waals surface area contributed by atoms with Crippen LogP contribution in [0.1, 0.15) is 34.7 Å². The van der Waals surface area contributed by atoms with Gasteiger partial charge < -0.3 is 14.2 Å². The molecule has 6 nitrogen and oxygen atoms in total. The van der Waals surface area contributed by atoms with Crippen molar-refractivity contribution in [3.63, 3.8) is 0 Å².